The molecule has 0 radical (unpaired) electrons. The van der Waals surface area contributed by atoms with Gasteiger partial charge in [-0.3, -0.25) is 14.5 Å². The van der Waals surface area contributed by atoms with E-state index in [2.05, 4.69) is 0 Å². The Morgan fingerprint density at radius 2 is 2.30 bits per heavy atom. The fraction of sp³-hybridized carbons (Fsp3) is 0.571. The van der Waals surface area contributed by atoms with Gasteiger partial charge in [-0.25, -0.2) is 0 Å². The van der Waals surface area contributed by atoms with Crippen molar-refractivity contribution < 1.29 is 14.7 Å². The second kappa shape index (κ2) is 6.37. The Morgan fingerprint density at radius 1 is 1.55 bits per heavy atom. The minimum absolute atomic E-state index is 0.0310. The van der Waals surface area contributed by atoms with Gasteiger partial charge in [-0.2, -0.15) is 11.3 Å². The van der Waals surface area contributed by atoms with E-state index < -0.39 is 12.0 Å². The first-order valence-corrected chi connectivity index (χ1v) is 7.65. The van der Waals surface area contributed by atoms with Gasteiger partial charge in [0.25, 0.3) is 0 Å². The van der Waals surface area contributed by atoms with Crippen molar-refractivity contribution >= 4 is 23.2 Å². The third kappa shape index (κ3) is 3.37. The van der Waals surface area contributed by atoms with Crippen LogP contribution in [0.15, 0.2) is 16.8 Å². The molecule has 110 valence electrons. The maximum absolute atomic E-state index is 12.2. The molecule has 20 heavy (non-hydrogen) atoms. The van der Waals surface area contributed by atoms with Crippen molar-refractivity contribution in [1.29, 1.82) is 0 Å². The van der Waals surface area contributed by atoms with E-state index in [0.29, 0.717) is 13.1 Å². The van der Waals surface area contributed by atoms with E-state index in [9.17, 15) is 14.7 Å². The summed E-state index contributed by atoms with van der Waals surface area (Å²) >= 11 is 1.60. The maximum Gasteiger partial charge on any atom is 0.321 e. The number of likely N-dealkylation sites (N-methyl/N-ethyl adjacent to an activating group) is 1. The van der Waals surface area contributed by atoms with Gasteiger partial charge in [-0.15, -0.1) is 0 Å². The number of thiophene rings is 1. The third-order valence-corrected chi connectivity index (χ3v) is 4.55. The molecule has 6 heteroatoms. The molecular formula is C14H20N2O3S. The van der Waals surface area contributed by atoms with E-state index in [1.165, 1.54) is 0 Å². The molecule has 0 aromatic carbocycles. The number of hydrogen-bond acceptors (Lipinski definition) is 4. The highest BCUT2D eigenvalue weighted by molar-refractivity contribution is 7.07. The molecule has 1 amide bonds. The van der Waals surface area contributed by atoms with Crippen molar-refractivity contribution in [2.24, 2.45) is 5.92 Å². The minimum Gasteiger partial charge on any atom is -0.480 e. The molecule has 1 aliphatic heterocycles. The van der Waals surface area contributed by atoms with Crippen molar-refractivity contribution in [1.82, 2.24) is 9.80 Å². The first kappa shape index (κ1) is 15.0. The van der Waals surface area contributed by atoms with E-state index in [1.807, 2.05) is 23.8 Å². The average Bonchev–Trinajstić information content (AvgIpc) is 2.99. The molecule has 1 fully saturated rings. The highest BCUT2D eigenvalue weighted by Crippen LogP contribution is 2.24. The SMILES string of the molecule is CC1CCN(CC(=O)N(C)Cc2ccsc2)C1C(=O)O. The second-order valence-electron chi connectivity index (χ2n) is 5.40. The number of carboxylic acid groups (broad SMARTS) is 1. The molecule has 1 N–H and O–H groups in total. The number of carbonyl (C=O) groups excluding carboxylic acids is 1. The molecule has 2 heterocycles. The number of nitrogens with zero attached hydrogens (tertiary/aromatic N) is 2. The Morgan fingerprint density at radius 3 is 2.90 bits per heavy atom. The maximum atomic E-state index is 12.2. The molecule has 1 saturated heterocycles. The summed E-state index contributed by atoms with van der Waals surface area (Å²) in [4.78, 5) is 26.9. The Hall–Kier alpha value is -1.40. The molecule has 2 unspecified atom stereocenters. The number of rotatable bonds is 5. The molecule has 0 aliphatic carbocycles. The Bertz CT molecular complexity index is 475. The van der Waals surface area contributed by atoms with Crippen molar-refractivity contribution in [2.45, 2.75) is 25.9 Å². The van der Waals surface area contributed by atoms with E-state index in [0.717, 1.165) is 12.0 Å². The summed E-state index contributed by atoms with van der Waals surface area (Å²) in [6, 6.07) is 1.46. The van der Waals surface area contributed by atoms with Gasteiger partial charge in [0, 0.05) is 13.6 Å². The summed E-state index contributed by atoms with van der Waals surface area (Å²) in [5.41, 5.74) is 1.11. The van der Waals surface area contributed by atoms with Crippen LogP contribution < -0.4 is 0 Å². The lowest BCUT2D eigenvalue weighted by molar-refractivity contribution is -0.144. The van der Waals surface area contributed by atoms with E-state index in [-0.39, 0.29) is 18.4 Å². The molecule has 0 saturated carbocycles. The summed E-state index contributed by atoms with van der Waals surface area (Å²) in [5, 5.41) is 13.2. The van der Waals surface area contributed by atoms with Crippen LogP contribution in [-0.4, -0.2) is 53.0 Å². The van der Waals surface area contributed by atoms with Crippen LogP contribution in [0.5, 0.6) is 0 Å². The average molecular weight is 296 g/mol. The highest BCUT2D eigenvalue weighted by Gasteiger charge is 2.37. The normalized spacial score (nSPS) is 22.9. The first-order chi connectivity index (χ1) is 9.49. The van der Waals surface area contributed by atoms with Gasteiger partial charge in [-0.1, -0.05) is 6.92 Å². The second-order valence-corrected chi connectivity index (χ2v) is 6.18. The van der Waals surface area contributed by atoms with Gasteiger partial charge in [0.05, 0.1) is 6.54 Å². The van der Waals surface area contributed by atoms with Gasteiger partial charge >= 0.3 is 5.97 Å². The summed E-state index contributed by atoms with van der Waals surface area (Å²) < 4.78 is 0. The van der Waals surface area contributed by atoms with Crippen LogP contribution >= 0.6 is 11.3 Å². The lowest BCUT2D eigenvalue weighted by atomic mass is 10.0. The predicted octanol–water partition coefficient (Wildman–Crippen LogP) is 1.50. The zero-order chi connectivity index (χ0) is 14.7. The van der Waals surface area contributed by atoms with Crippen molar-refractivity contribution in [3.63, 3.8) is 0 Å². The summed E-state index contributed by atoms with van der Waals surface area (Å²) in [5.74, 6) is -0.762. The van der Waals surface area contributed by atoms with Gasteiger partial charge in [0.1, 0.15) is 6.04 Å². The number of hydrogen-bond donors (Lipinski definition) is 1. The Labute approximate surface area is 122 Å². The summed E-state index contributed by atoms with van der Waals surface area (Å²) in [6.45, 7) is 3.36. The Balaban J connectivity index is 1.92. The summed E-state index contributed by atoms with van der Waals surface area (Å²) in [7, 11) is 1.76. The molecule has 2 atom stereocenters. The lowest BCUT2D eigenvalue weighted by Crippen LogP contribution is -2.44. The fourth-order valence-electron chi connectivity index (χ4n) is 2.64. The van der Waals surface area contributed by atoms with Crippen molar-refractivity contribution in [3.05, 3.63) is 22.4 Å². The third-order valence-electron chi connectivity index (χ3n) is 3.82. The highest BCUT2D eigenvalue weighted by atomic mass is 32.1. The first-order valence-electron chi connectivity index (χ1n) is 6.71. The molecule has 0 bridgehead atoms. The number of aliphatic carboxylic acids is 1. The number of carboxylic acids is 1. The van der Waals surface area contributed by atoms with Crippen LogP contribution in [0.4, 0.5) is 0 Å². The molecular weight excluding hydrogens is 276 g/mol. The zero-order valence-corrected chi connectivity index (χ0v) is 12.6. The molecule has 5 nitrogen and oxygen atoms in total. The van der Waals surface area contributed by atoms with Crippen molar-refractivity contribution in [2.75, 3.05) is 20.1 Å². The van der Waals surface area contributed by atoms with Crippen LogP contribution in [-0.2, 0) is 16.1 Å². The quantitative estimate of drug-likeness (QED) is 0.894. The van der Waals surface area contributed by atoms with E-state index >= 15 is 0 Å². The molecule has 0 spiro atoms. The fourth-order valence-corrected chi connectivity index (χ4v) is 3.30. The Kier molecular flexibility index (Phi) is 4.77. The largest absolute Gasteiger partial charge is 0.480 e. The molecule has 1 aromatic rings. The number of carbonyl (C=O) groups is 2. The van der Waals surface area contributed by atoms with Crippen LogP contribution in [0.2, 0.25) is 0 Å². The van der Waals surface area contributed by atoms with Crippen LogP contribution in [0.1, 0.15) is 18.9 Å². The summed E-state index contributed by atoms with van der Waals surface area (Å²) in [6.07, 6.45) is 0.832. The zero-order valence-electron chi connectivity index (χ0n) is 11.8. The predicted molar refractivity (Wildman–Crippen MR) is 77.6 cm³/mol. The van der Waals surface area contributed by atoms with Crippen LogP contribution in [0.25, 0.3) is 0 Å². The number of likely N-dealkylation sites (tertiary alicyclic amines) is 1. The topological polar surface area (TPSA) is 60.9 Å². The van der Waals surface area contributed by atoms with Gasteiger partial charge in [-0.05, 0) is 41.3 Å². The molecule has 1 aromatic heterocycles. The minimum atomic E-state index is -0.830. The standard InChI is InChI=1S/C14H20N2O3S/c1-10-3-5-16(13(10)14(18)19)8-12(17)15(2)7-11-4-6-20-9-11/h4,6,9-10,13H,3,5,7-8H2,1-2H3,(H,18,19). The number of amides is 1. The van der Waals surface area contributed by atoms with Gasteiger partial charge < -0.3 is 10.0 Å². The van der Waals surface area contributed by atoms with Gasteiger partial charge in [0.2, 0.25) is 5.91 Å². The van der Waals surface area contributed by atoms with E-state index in [1.54, 1.807) is 28.2 Å². The van der Waals surface area contributed by atoms with E-state index in [4.69, 9.17) is 0 Å². The molecule has 2 rings (SSSR count). The smallest absolute Gasteiger partial charge is 0.321 e. The van der Waals surface area contributed by atoms with Gasteiger partial charge in [0.15, 0.2) is 0 Å². The lowest BCUT2D eigenvalue weighted by Gasteiger charge is -2.25. The molecule has 1 aliphatic rings. The van der Waals surface area contributed by atoms with Crippen LogP contribution in [0.3, 0.4) is 0 Å². The van der Waals surface area contributed by atoms with Crippen LogP contribution in [0, 0.1) is 5.92 Å². The monoisotopic (exact) mass is 296 g/mol. The van der Waals surface area contributed by atoms with Crippen molar-refractivity contribution in [3.8, 4) is 0 Å².